The van der Waals surface area contributed by atoms with Gasteiger partial charge in [0.05, 0.1) is 12.5 Å². The Hall–Kier alpha value is -1.91. The number of hydrogen-bond donors (Lipinski definition) is 0. The minimum atomic E-state index is -2.51. The molecule has 2 aromatic carbocycles. The summed E-state index contributed by atoms with van der Waals surface area (Å²) in [5.74, 6) is 0.383. The van der Waals surface area contributed by atoms with Crippen molar-refractivity contribution in [2.24, 2.45) is 11.8 Å². The van der Waals surface area contributed by atoms with Gasteiger partial charge in [0, 0.05) is 6.61 Å². The van der Waals surface area contributed by atoms with Gasteiger partial charge in [0.15, 0.2) is 0 Å². The summed E-state index contributed by atoms with van der Waals surface area (Å²) >= 11 is 0. The highest BCUT2D eigenvalue weighted by Crippen LogP contribution is 2.38. The molecule has 3 nitrogen and oxygen atoms in total. The molecule has 4 heteroatoms. The fraction of sp³-hybridized carbons (Fsp3) is 0.500. The molecule has 0 radical (unpaired) electrons. The van der Waals surface area contributed by atoms with Crippen molar-refractivity contribution in [1.29, 1.82) is 0 Å². The fourth-order valence-corrected chi connectivity index (χ4v) is 9.56. The van der Waals surface area contributed by atoms with E-state index in [0.29, 0.717) is 19.1 Å². The number of carbonyl (C=O) groups excluding carboxylic acids is 1. The zero-order valence-electron chi connectivity index (χ0n) is 18.9. The molecule has 2 atom stereocenters. The van der Waals surface area contributed by atoms with Crippen molar-refractivity contribution >= 4 is 24.7 Å². The molecule has 0 N–H and O–H groups in total. The van der Waals surface area contributed by atoms with Crippen molar-refractivity contribution in [3.8, 4) is 0 Å². The molecule has 0 heterocycles. The second-order valence-corrected chi connectivity index (χ2v) is 13.8. The molecular weight excluding hydrogens is 388 g/mol. The summed E-state index contributed by atoms with van der Waals surface area (Å²) in [7, 11) is -2.51. The van der Waals surface area contributed by atoms with Crippen LogP contribution >= 0.6 is 0 Å². The van der Waals surface area contributed by atoms with Crippen LogP contribution in [0.25, 0.3) is 0 Å². The standard InChI is InChI=1S/C26H36O3Si/c1-5-28-25(27)22-14-12-13-21(19-22)20-29-30(26(2,3)4,23-15-8-6-9-16-23)24-17-10-7-11-18-24/h6-11,15-18,21-22H,5,12-14,19-20H2,1-4H3/t21-,22+/m1/s1. The first kappa shape index (κ1) is 22.8. The largest absolute Gasteiger partial charge is 0.466 e. The van der Waals surface area contributed by atoms with E-state index in [4.69, 9.17) is 9.16 Å². The number of benzene rings is 2. The van der Waals surface area contributed by atoms with Crippen LogP contribution in [-0.2, 0) is 14.0 Å². The highest BCUT2D eigenvalue weighted by Gasteiger charge is 2.50. The first-order chi connectivity index (χ1) is 14.4. The molecule has 0 unspecified atom stereocenters. The molecule has 0 bridgehead atoms. The van der Waals surface area contributed by atoms with Crippen molar-refractivity contribution in [3.63, 3.8) is 0 Å². The van der Waals surface area contributed by atoms with Crippen LogP contribution in [0.5, 0.6) is 0 Å². The second kappa shape index (κ2) is 9.93. The van der Waals surface area contributed by atoms with Gasteiger partial charge < -0.3 is 9.16 Å². The van der Waals surface area contributed by atoms with Crippen molar-refractivity contribution in [1.82, 2.24) is 0 Å². The molecule has 1 aliphatic carbocycles. The number of carbonyl (C=O) groups is 1. The average Bonchev–Trinajstić information content (AvgIpc) is 2.75. The van der Waals surface area contributed by atoms with E-state index in [1.807, 2.05) is 6.92 Å². The van der Waals surface area contributed by atoms with Crippen molar-refractivity contribution in [3.05, 3.63) is 60.7 Å². The average molecular weight is 425 g/mol. The Kier molecular flexibility index (Phi) is 7.53. The van der Waals surface area contributed by atoms with E-state index in [0.717, 1.165) is 25.7 Å². The third-order valence-corrected chi connectivity index (χ3v) is 11.4. The van der Waals surface area contributed by atoms with Gasteiger partial charge in [0.25, 0.3) is 8.32 Å². The van der Waals surface area contributed by atoms with Gasteiger partial charge in [0.2, 0.25) is 0 Å². The highest BCUT2D eigenvalue weighted by atomic mass is 28.4. The van der Waals surface area contributed by atoms with Gasteiger partial charge in [-0.05, 0) is 47.5 Å². The number of esters is 1. The summed E-state index contributed by atoms with van der Waals surface area (Å²) in [5.41, 5.74) is 0. The topological polar surface area (TPSA) is 35.5 Å². The molecule has 3 rings (SSSR count). The number of hydrogen-bond acceptors (Lipinski definition) is 3. The molecule has 0 spiro atoms. The van der Waals surface area contributed by atoms with Gasteiger partial charge in [-0.1, -0.05) is 87.9 Å². The minimum absolute atomic E-state index is 0.0199. The first-order valence-corrected chi connectivity index (χ1v) is 13.2. The maximum absolute atomic E-state index is 12.3. The molecule has 162 valence electrons. The van der Waals surface area contributed by atoms with Crippen LogP contribution in [0.2, 0.25) is 5.04 Å². The van der Waals surface area contributed by atoms with Crippen LogP contribution in [0.4, 0.5) is 0 Å². The lowest BCUT2D eigenvalue weighted by Gasteiger charge is -2.44. The monoisotopic (exact) mass is 424 g/mol. The highest BCUT2D eigenvalue weighted by molar-refractivity contribution is 6.99. The lowest BCUT2D eigenvalue weighted by Crippen LogP contribution is -2.67. The lowest BCUT2D eigenvalue weighted by atomic mass is 9.82. The molecular formula is C26H36O3Si. The van der Waals surface area contributed by atoms with Crippen molar-refractivity contribution < 1.29 is 14.0 Å². The molecule has 30 heavy (non-hydrogen) atoms. The Bertz CT molecular complexity index is 759. The molecule has 2 aromatic rings. The van der Waals surface area contributed by atoms with Gasteiger partial charge >= 0.3 is 5.97 Å². The summed E-state index contributed by atoms with van der Waals surface area (Å²) in [6.07, 6.45) is 4.00. The van der Waals surface area contributed by atoms with Gasteiger partial charge in [0.1, 0.15) is 0 Å². The predicted molar refractivity (Wildman–Crippen MR) is 126 cm³/mol. The van der Waals surface area contributed by atoms with Crippen LogP contribution in [0, 0.1) is 11.8 Å². The van der Waals surface area contributed by atoms with Crippen LogP contribution in [-0.4, -0.2) is 27.5 Å². The summed E-state index contributed by atoms with van der Waals surface area (Å²) in [6.45, 7) is 9.95. The third kappa shape index (κ3) is 4.87. The minimum Gasteiger partial charge on any atom is -0.466 e. The van der Waals surface area contributed by atoms with E-state index >= 15 is 0 Å². The number of ether oxygens (including phenoxy) is 1. The molecule has 1 saturated carbocycles. The number of rotatable bonds is 7. The van der Waals surface area contributed by atoms with Gasteiger partial charge in [-0.2, -0.15) is 0 Å². The summed E-state index contributed by atoms with van der Waals surface area (Å²) in [4.78, 5) is 12.3. The summed E-state index contributed by atoms with van der Waals surface area (Å²) < 4.78 is 12.4. The Morgan fingerprint density at radius 2 is 1.53 bits per heavy atom. The quantitative estimate of drug-likeness (QED) is 0.467. The summed E-state index contributed by atoms with van der Waals surface area (Å²) in [6, 6.07) is 21.5. The fourth-order valence-electron chi connectivity index (χ4n) is 4.92. The second-order valence-electron chi connectivity index (χ2n) is 9.46. The Morgan fingerprint density at radius 1 is 0.967 bits per heavy atom. The molecule has 0 saturated heterocycles. The molecule has 0 aliphatic heterocycles. The lowest BCUT2D eigenvalue weighted by molar-refractivity contribution is -0.149. The van der Waals surface area contributed by atoms with E-state index < -0.39 is 8.32 Å². The van der Waals surface area contributed by atoms with Crippen LogP contribution < -0.4 is 10.4 Å². The summed E-state index contributed by atoms with van der Waals surface area (Å²) in [5, 5.41) is 2.59. The Balaban J connectivity index is 1.89. The van der Waals surface area contributed by atoms with Gasteiger partial charge in [-0.3, -0.25) is 4.79 Å². The molecule has 0 aromatic heterocycles. The molecule has 1 fully saturated rings. The van der Waals surface area contributed by atoms with E-state index in [1.54, 1.807) is 0 Å². The SMILES string of the molecule is CCOC(=O)[C@H]1CCC[C@@H](CO[Si](c2ccccc2)(c2ccccc2)C(C)(C)C)C1. The maximum atomic E-state index is 12.3. The van der Waals surface area contributed by atoms with Crippen LogP contribution in [0.15, 0.2) is 60.7 Å². The third-order valence-electron chi connectivity index (χ3n) is 6.36. The van der Waals surface area contributed by atoms with E-state index in [9.17, 15) is 4.79 Å². The predicted octanol–water partition coefficient (Wildman–Crippen LogP) is 4.93. The smallest absolute Gasteiger partial charge is 0.308 e. The van der Waals surface area contributed by atoms with Crippen molar-refractivity contribution in [2.45, 2.75) is 58.4 Å². The van der Waals surface area contributed by atoms with Crippen LogP contribution in [0.1, 0.15) is 53.4 Å². The zero-order valence-corrected chi connectivity index (χ0v) is 19.9. The molecule has 0 amide bonds. The van der Waals surface area contributed by atoms with E-state index in [1.165, 1.54) is 10.4 Å². The Labute approximate surface area is 182 Å². The Morgan fingerprint density at radius 3 is 2.03 bits per heavy atom. The van der Waals surface area contributed by atoms with Gasteiger partial charge in [-0.15, -0.1) is 0 Å². The normalized spacial score (nSPS) is 20.0. The zero-order chi connectivity index (χ0) is 21.6. The molecule has 1 aliphatic rings. The maximum Gasteiger partial charge on any atom is 0.308 e. The van der Waals surface area contributed by atoms with E-state index in [-0.39, 0.29) is 16.9 Å². The van der Waals surface area contributed by atoms with Gasteiger partial charge in [-0.25, -0.2) is 0 Å². The van der Waals surface area contributed by atoms with Crippen molar-refractivity contribution in [2.75, 3.05) is 13.2 Å². The first-order valence-electron chi connectivity index (χ1n) is 11.3. The van der Waals surface area contributed by atoms with E-state index in [2.05, 4.69) is 81.4 Å². The van der Waals surface area contributed by atoms with Crippen LogP contribution in [0.3, 0.4) is 0 Å².